The lowest BCUT2D eigenvalue weighted by Gasteiger charge is -2.26. The van der Waals surface area contributed by atoms with Crippen molar-refractivity contribution in [2.45, 2.75) is 63.9 Å². The monoisotopic (exact) mass is 464 g/mol. The van der Waals surface area contributed by atoms with E-state index in [1.807, 2.05) is 0 Å². The van der Waals surface area contributed by atoms with Gasteiger partial charge in [-0.1, -0.05) is 13.8 Å². The number of carbonyl (C=O) groups is 5. The molecular weight excluding hydrogens is 432 g/mol. The van der Waals surface area contributed by atoms with E-state index < -0.39 is 72.3 Å². The van der Waals surface area contributed by atoms with Gasteiger partial charge in [0.25, 0.3) is 0 Å². The number of hydrogen-bond acceptors (Lipinski definition) is 8. The first-order chi connectivity index (χ1) is 14.3. The number of carboxylic acid groups (broad SMARTS) is 2. The van der Waals surface area contributed by atoms with E-state index in [0.717, 1.165) is 0 Å². The van der Waals surface area contributed by atoms with Crippen LogP contribution in [0.4, 0.5) is 0 Å². The van der Waals surface area contributed by atoms with E-state index >= 15 is 0 Å². The molecule has 5 atom stereocenters. The van der Waals surface area contributed by atoms with E-state index in [2.05, 4.69) is 16.0 Å². The van der Waals surface area contributed by atoms with Crippen LogP contribution >= 0.6 is 11.8 Å². The summed E-state index contributed by atoms with van der Waals surface area (Å²) in [5, 5.41) is 34.6. The molecule has 0 saturated heterocycles. The number of hydrogen-bond donors (Lipinski definition) is 7. The van der Waals surface area contributed by atoms with Crippen molar-refractivity contribution in [3.63, 3.8) is 0 Å². The molecule has 0 heterocycles. The van der Waals surface area contributed by atoms with Gasteiger partial charge in [0, 0.05) is 0 Å². The van der Waals surface area contributed by atoms with Crippen molar-refractivity contribution < 1.29 is 39.3 Å². The van der Waals surface area contributed by atoms with Gasteiger partial charge in [0.05, 0.1) is 12.5 Å². The van der Waals surface area contributed by atoms with Crippen molar-refractivity contribution in [1.82, 2.24) is 16.0 Å². The van der Waals surface area contributed by atoms with Crippen LogP contribution < -0.4 is 21.7 Å². The molecule has 0 spiro atoms. The third-order valence-electron chi connectivity index (χ3n) is 4.31. The highest BCUT2D eigenvalue weighted by molar-refractivity contribution is 7.98. The highest BCUT2D eigenvalue weighted by Crippen LogP contribution is 2.07. The molecule has 5 unspecified atom stereocenters. The Hall–Kier alpha value is -2.38. The molecule has 0 bridgehead atoms. The Bertz CT molecular complexity index is 658. The number of carboxylic acids is 2. The molecular formula is C18H32N4O8S. The summed E-state index contributed by atoms with van der Waals surface area (Å²) in [4.78, 5) is 59.8. The lowest BCUT2D eigenvalue weighted by molar-refractivity contribution is -0.143. The fraction of sp³-hybridized carbons (Fsp3) is 0.722. The normalized spacial score (nSPS) is 15.8. The molecule has 0 aromatic rings. The number of aliphatic hydroxyl groups is 1. The maximum absolute atomic E-state index is 12.6. The molecule has 13 heteroatoms. The number of aliphatic hydroxyl groups excluding tert-OH is 1. The highest BCUT2D eigenvalue weighted by atomic mass is 32.2. The lowest BCUT2D eigenvalue weighted by Crippen LogP contribution is -2.59. The minimum absolute atomic E-state index is 0.177. The predicted molar refractivity (Wildman–Crippen MR) is 113 cm³/mol. The Kier molecular flexibility index (Phi) is 12.8. The molecule has 0 saturated carbocycles. The van der Waals surface area contributed by atoms with E-state index in [4.69, 9.17) is 10.8 Å². The van der Waals surface area contributed by atoms with Gasteiger partial charge in [-0.15, -0.1) is 0 Å². The number of nitrogens with two attached hydrogens (primary N) is 1. The van der Waals surface area contributed by atoms with Gasteiger partial charge in [-0.25, -0.2) is 4.79 Å². The van der Waals surface area contributed by atoms with Gasteiger partial charge in [-0.3, -0.25) is 19.2 Å². The van der Waals surface area contributed by atoms with Crippen LogP contribution in [0.25, 0.3) is 0 Å². The lowest BCUT2D eigenvalue weighted by atomic mass is 10.0. The minimum atomic E-state index is -1.56. The van der Waals surface area contributed by atoms with Gasteiger partial charge in [0.15, 0.2) is 0 Å². The smallest absolute Gasteiger partial charge is 0.326 e. The third-order valence-corrected chi connectivity index (χ3v) is 4.95. The fourth-order valence-electron chi connectivity index (χ4n) is 2.41. The van der Waals surface area contributed by atoms with Gasteiger partial charge >= 0.3 is 11.9 Å². The molecule has 0 aliphatic carbocycles. The Morgan fingerprint density at radius 2 is 1.45 bits per heavy atom. The number of thioether (sulfide) groups is 1. The van der Waals surface area contributed by atoms with Crippen LogP contribution in [0.15, 0.2) is 0 Å². The summed E-state index contributed by atoms with van der Waals surface area (Å²) in [6.07, 6.45) is -0.0622. The molecule has 0 aliphatic rings. The molecule has 0 rings (SSSR count). The molecule has 0 fully saturated rings. The van der Waals surface area contributed by atoms with Crippen molar-refractivity contribution in [1.29, 1.82) is 0 Å². The van der Waals surface area contributed by atoms with Crippen LogP contribution in [0.5, 0.6) is 0 Å². The van der Waals surface area contributed by atoms with Crippen LogP contribution in [0.2, 0.25) is 0 Å². The minimum Gasteiger partial charge on any atom is -0.481 e. The van der Waals surface area contributed by atoms with Crippen LogP contribution in [0.1, 0.15) is 33.6 Å². The second-order valence-corrected chi connectivity index (χ2v) is 8.32. The summed E-state index contributed by atoms with van der Waals surface area (Å²) in [5.74, 6) is -5.24. The first-order valence-electron chi connectivity index (χ1n) is 9.60. The second kappa shape index (κ2) is 13.8. The average molecular weight is 465 g/mol. The zero-order chi connectivity index (χ0) is 24.3. The van der Waals surface area contributed by atoms with E-state index in [1.165, 1.54) is 18.7 Å². The van der Waals surface area contributed by atoms with Crippen LogP contribution in [0.3, 0.4) is 0 Å². The van der Waals surface area contributed by atoms with Gasteiger partial charge in [-0.2, -0.15) is 11.8 Å². The second-order valence-electron chi connectivity index (χ2n) is 7.34. The topological polar surface area (TPSA) is 208 Å². The number of rotatable bonds is 14. The summed E-state index contributed by atoms with van der Waals surface area (Å²) in [7, 11) is 0. The first kappa shape index (κ1) is 28.6. The van der Waals surface area contributed by atoms with Gasteiger partial charge < -0.3 is 37.0 Å². The number of nitrogens with one attached hydrogen (secondary N) is 3. The molecule has 31 heavy (non-hydrogen) atoms. The van der Waals surface area contributed by atoms with E-state index in [-0.39, 0.29) is 6.42 Å². The Balaban J connectivity index is 5.41. The number of amides is 3. The third kappa shape index (κ3) is 10.5. The number of aliphatic carboxylic acids is 2. The molecule has 0 aliphatic heterocycles. The van der Waals surface area contributed by atoms with Crippen molar-refractivity contribution in [2.75, 3.05) is 12.0 Å². The molecule has 0 aromatic carbocycles. The molecule has 12 nitrogen and oxygen atoms in total. The summed E-state index contributed by atoms with van der Waals surface area (Å²) in [6, 6.07) is -5.28. The molecule has 0 radical (unpaired) electrons. The summed E-state index contributed by atoms with van der Waals surface area (Å²) in [5.41, 5.74) is 5.50. The van der Waals surface area contributed by atoms with E-state index in [1.54, 1.807) is 20.1 Å². The fourth-order valence-corrected chi connectivity index (χ4v) is 2.89. The van der Waals surface area contributed by atoms with Crippen molar-refractivity contribution >= 4 is 41.4 Å². The van der Waals surface area contributed by atoms with Crippen LogP contribution in [0, 0.1) is 5.92 Å². The molecule has 0 aromatic heterocycles. The number of carbonyl (C=O) groups excluding carboxylic acids is 3. The average Bonchev–Trinajstić information content (AvgIpc) is 2.66. The van der Waals surface area contributed by atoms with Crippen molar-refractivity contribution in [2.24, 2.45) is 11.7 Å². The Labute approximate surface area is 184 Å². The molecule has 3 amide bonds. The SMILES string of the molecule is CSCCC(NC(=O)C(NC(=O)C(CC(=O)O)NC(=O)C(N)C(C)O)C(C)C)C(=O)O. The van der Waals surface area contributed by atoms with Gasteiger partial charge in [0.2, 0.25) is 17.7 Å². The van der Waals surface area contributed by atoms with E-state index in [9.17, 15) is 34.2 Å². The van der Waals surface area contributed by atoms with Crippen LogP contribution in [-0.2, 0) is 24.0 Å². The summed E-state index contributed by atoms with van der Waals surface area (Å²) >= 11 is 1.41. The van der Waals surface area contributed by atoms with Crippen molar-refractivity contribution in [3.05, 3.63) is 0 Å². The highest BCUT2D eigenvalue weighted by Gasteiger charge is 2.33. The predicted octanol–water partition coefficient (Wildman–Crippen LogP) is -1.88. The largest absolute Gasteiger partial charge is 0.481 e. The maximum atomic E-state index is 12.6. The van der Waals surface area contributed by atoms with Gasteiger partial charge in [-0.05, 0) is 31.3 Å². The quantitative estimate of drug-likeness (QED) is 0.152. The zero-order valence-corrected chi connectivity index (χ0v) is 18.8. The van der Waals surface area contributed by atoms with E-state index in [0.29, 0.717) is 5.75 Å². The standard InChI is InChI=1S/C18H32N4O8S/c1-8(2)14(17(28)20-10(18(29)30)5-6-31-4)22-15(26)11(7-12(24)25)21-16(27)13(19)9(3)23/h8-11,13-14,23H,5-7,19H2,1-4H3,(H,20,28)(H,21,27)(H,22,26)(H,24,25)(H,29,30). The molecule has 8 N–H and O–H groups in total. The summed E-state index contributed by atoms with van der Waals surface area (Å²) in [6.45, 7) is 4.47. The first-order valence-corrected chi connectivity index (χ1v) is 11.0. The van der Waals surface area contributed by atoms with Gasteiger partial charge in [0.1, 0.15) is 24.2 Å². The molecule has 178 valence electrons. The Morgan fingerprint density at radius 3 is 1.87 bits per heavy atom. The maximum Gasteiger partial charge on any atom is 0.326 e. The van der Waals surface area contributed by atoms with Crippen LogP contribution in [-0.4, -0.2) is 87.3 Å². The van der Waals surface area contributed by atoms with Crippen molar-refractivity contribution in [3.8, 4) is 0 Å². The zero-order valence-electron chi connectivity index (χ0n) is 18.0. The Morgan fingerprint density at radius 1 is 0.903 bits per heavy atom. The summed E-state index contributed by atoms with van der Waals surface area (Å²) < 4.78 is 0.